The number of hydrogen-bond acceptors (Lipinski definition) is 12. The van der Waals surface area contributed by atoms with Crippen LogP contribution in [-0.4, -0.2) is 107 Å². The van der Waals surface area contributed by atoms with Crippen LogP contribution in [0.15, 0.2) is 82.3 Å². The van der Waals surface area contributed by atoms with Gasteiger partial charge in [-0.25, -0.2) is 0 Å². The van der Waals surface area contributed by atoms with Gasteiger partial charge in [0.1, 0.15) is 0 Å². The second kappa shape index (κ2) is 16.4. The van der Waals surface area contributed by atoms with E-state index < -0.39 is 68.3 Å². The Hall–Kier alpha value is -3.18. The molecule has 306 valence electrons. The van der Waals surface area contributed by atoms with Crippen LogP contribution in [0.3, 0.4) is 0 Å². The molecule has 0 radical (unpaired) electrons. The first kappa shape index (κ1) is 44.5. The maximum absolute atomic E-state index is 12.2. The molecule has 3 unspecified atom stereocenters. The largest absolute Gasteiger partial charge is 0.395 e. The highest BCUT2D eigenvalue weighted by atomic mass is 32.2. The van der Waals surface area contributed by atoms with E-state index in [9.17, 15) is 57.0 Å². The molecule has 4 rings (SSSR count). The number of aliphatic hydroxyl groups is 1. The summed E-state index contributed by atoms with van der Waals surface area (Å²) in [7, 11) is -16.3. The van der Waals surface area contributed by atoms with Gasteiger partial charge in [-0.1, -0.05) is 31.2 Å². The first-order chi connectivity index (χ1) is 25.3. The molecule has 5 N–H and O–H groups in total. The number of benzene rings is 2. The van der Waals surface area contributed by atoms with Crippen molar-refractivity contribution in [1.29, 1.82) is 0 Å². The number of fused-ring (bicyclic) bond motifs is 2. The van der Waals surface area contributed by atoms with Crippen molar-refractivity contribution in [3.8, 4) is 0 Å². The Morgan fingerprint density at radius 2 is 1.25 bits per heavy atom. The predicted molar refractivity (Wildman–Crippen MR) is 207 cm³/mol. The number of hydrogen-bond donors (Lipinski definition) is 5. The van der Waals surface area contributed by atoms with Crippen LogP contribution in [0.2, 0.25) is 0 Å². The second-order valence-corrected chi connectivity index (χ2v) is 20.2. The molecule has 3 atom stereocenters. The minimum Gasteiger partial charge on any atom is -0.395 e. The van der Waals surface area contributed by atoms with E-state index in [1.54, 1.807) is 42.2 Å². The molecule has 2 aliphatic rings. The van der Waals surface area contributed by atoms with Gasteiger partial charge in [-0.15, -0.1) is 0 Å². The zero-order valence-corrected chi connectivity index (χ0v) is 34.1. The first-order valence-electron chi connectivity index (χ1n) is 17.2. The van der Waals surface area contributed by atoms with Gasteiger partial charge in [0.25, 0.3) is 40.5 Å². The summed E-state index contributed by atoms with van der Waals surface area (Å²) in [5.41, 5.74) is -0.283. The molecule has 2 heterocycles. The van der Waals surface area contributed by atoms with Crippen molar-refractivity contribution in [2.24, 2.45) is 0 Å². The Labute approximate surface area is 323 Å². The SMILES string of the molecule is COCCN1c2ccc(S(=O)(=O)O)cc2C(C)(CCCS(=O)(=O)O)C1(C)/C=C/C=C/C=C1/N(CCO)c2ccc(S(=O)(=O)O)cc2C1(C)CCCS(=O)(=O)O. The highest BCUT2D eigenvalue weighted by Gasteiger charge is 2.55. The molecule has 55 heavy (non-hydrogen) atoms. The maximum atomic E-state index is 12.2. The molecule has 20 heteroatoms. The van der Waals surface area contributed by atoms with Gasteiger partial charge in [-0.3, -0.25) is 18.2 Å². The van der Waals surface area contributed by atoms with E-state index in [1.165, 1.54) is 37.4 Å². The van der Waals surface area contributed by atoms with Crippen LogP contribution in [0.4, 0.5) is 11.4 Å². The zero-order valence-electron chi connectivity index (χ0n) is 30.9. The summed E-state index contributed by atoms with van der Waals surface area (Å²) in [5.74, 6) is -1.10. The number of methoxy groups -OCH3 is 1. The average Bonchev–Trinajstić information content (AvgIpc) is 3.39. The van der Waals surface area contributed by atoms with Gasteiger partial charge in [0.2, 0.25) is 0 Å². The van der Waals surface area contributed by atoms with E-state index in [2.05, 4.69) is 0 Å². The van der Waals surface area contributed by atoms with Crippen LogP contribution in [0.5, 0.6) is 0 Å². The molecule has 16 nitrogen and oxygen atoms in total. The minimum atomic E-state index is -4.61. The molecule has 2 aromatic carbocycles. The fourth-order valence-electron chi connectivity index (χ4n) is 7.84. The Balaban J connectivity index is 1.82. The van der Waals surface area contributed by atoms with Crippen molar-refractivity contribution >= 4 is 51.8 Å². The molecule has 2 aromatic rings. The number of nitrogens with zero attached hydrogens (tertiary/aromatic N) is 2. The molecule has 0 amide bonds. The van der Waals surface area contributed by atoms with E-state index >= 15 is 0 Å². The van der Waals surface area contributed by atoms with Gasteiger partial charge in [-0.05, 0) is 93.1 Å². The van der Waals surface area contributed by atoms with Crippen LogP contribution in [0.1, 0.15) is 57.6 Å². The van der Waals surface area contributed by atoms with Gasteiger partial charge >= 0.3 is 0 Å². The van der Waals surface area contributed by atoms with Gasteiger partial charge in [0.05, 0.1) is 40.0 Å². The molecule has 0 aliphatic carbocycles. The van der Waals surface area contributed by atoms with E-state index in [4.69, 9.17) is 4.74 Å². The van der Waals surface area contributed by atoms with Crippen LogP contribution < -0.4 is 9.80 Å². The molecule has 0 fully saturated rings. The average molecular weight is 849 g/mol. The number of β-amino-alcohol motifs (C(OH)–C–C–N with tert-alkyl or cyclic N) is 1. The maximum Gasteiger partial charge on any atom is 0.294 e. The van der Waals surface area contributed by atoms with Crippen molar-refractivity contribution in [3.05, 3.63) is 83.6 Å². The third kappa shape index (κ3) is 9.69. The summed E-state index contributed by atoms with van der Waals surface area (Å²) in [5, 5.41) is 9.99. The zero-order chi connectivity index (χ0) is 41.3. The Morgan fingerprint density at radius 1 is 0.709 bits per heavy atom. The molecule has 0 bridgehead atoms. The Morgan fingerprint density at radius 3 is 1.78 bits per heavy atom. The second-order valence-electron chi connectivity index (χ2n) is 14.2. The van der Waals surface area contributed by atoms with E-state index in [0.29, 0.717) is 34.7 Å². The van der Waals surface area contributed by atoms with Crippen molar-refractivity contribution in [2.45, 2.75) is 72.6 Å². The van der Waals surface area contributed by atoms with Gasteiger partial charge in [-0.2, -0.15) is 33.7 Å². The number of anilines is 2. The molecular formula is C35H48N2O14S4. The number of ether oxygens (including phenoxy) is 1. The standard InChI is InChI=1S/C35H48N2O14S4/c1-33(15-8-22-52(39,40)41)28-24-26(54(45,46)47)11-13-30(28)36(18-20-38)32(33)10-6-5-7-17-35(3)34(2,16-9-23-53(42,43)44)29-25-27(55(48,49)50)12-14-31(29)37(35)19-21-51-4/h5-7,10-14,17,24-25,38H,8-9,15-16,18-23H2,1-4H3,(H,39,40,41)(H,42,43,44)(H,45,46,47)(H,48,49,50)/b6-5+,17-7+,32-10+. The summed E-state index contributed by atoms with van der Waals surface area (Å²) in [6.07, 6.45) is 9.01. The smallest absolute Gasteiger partial charge is 0.294 e. The van der Waals surface area contributed by atoms with E-state index in [-0.39, 0.29) is 55.2 Å². The summed E-state index contributed by atoms with van der Waals surface area (Å²) in [6.45, 7) is 5.88. The molecule has 2 aliphatic heterocycles. The molecule has 0 saturated carbocycles. The number of aliphatic hydroxyl groups excluding tert-OH is 1. The molecule has 0 spiro atoms. The quantitative estimate of drug-likeness (QED) is 0.106. The van der Waals surface area contributed by atoms with Crippen molar-refractivity contribution in [1.82, 2.24) is 0 Å². The van der Waals surface area contributed by atoms with Crippen LogP contribution in [0.25, 0.3) is 0 Å². The lowest BCUT2D eigenvalue weighted by molar-refractivity contribution is 0.195. The molecule has 0 aromatic heterocycles. The van der Waals surface area contributed by atoms with Crippen LogP contribution >= 0.6 is 0 Å². The van der Waals surface area contributed by atoms with Crippen LogP contribution in [0, 0.1) is 0 Å². The van der Waals surface area contributed by atoms with Crippen molar-refractivity contribution in [2.75, 3.05) is 54.7 Å². The fourth-order valence-corrected chi connectivity index (χ4v) is 9.87. The molecular weight excluding hydrogens is 801 g/mol. The lowest BCUT2D eigenvalue weighted by Gasteiger charge is -2.45. The summed E-state index contributed by atoms with van der Waals surface area (Å²) < 4.78 is 139. The van der Waals surface area contributed by atoms with Gasteiger partial charge in [0.15, 0.2) is 0 Å². The van der Waals surface area contributed by atoms with Crippen LogP contribution in [-0.2, 0) is 56.0 Å². The highest BCUT2D eigenvalue weighted by molar-refractivity contribution is 7.86. The first-order valence-corrected chi connectivity index (χ1v) is 23.3. The topological polar surface area (TPSA) is 253 Å². The Bertz CT molecular complexity index is 2310. The van der Waals surface area contributed by atoms with E-state index in [1.807, 2.05) is 24.8 Å². The molecule has 0 saturated heterocycles. The highest BCUT2D eigenvalue weighted by Crippen LogP contribution is 2.55. The normalized spacial score (nSPS) is 24.1. The number of rotatable bonds is 18. The summed E-state index contributed by atoms with van der Waals surface area (Å²) in [4.78, 5) is 3.03. The number of allylic oxidation sites excluding steroid dienone is 5. The summed E-state index contributed by atoms with van der Waals surface area (Å²) in [6, 6.07) is 8.22. The van der Waals surface area contributed by atoms with Crippen molar-refractivity contribution in [3.63, 3.8) is 0 Å². The lowest BCUT2D eigenvalue weighted by Crippen LogP contribution is -2.54. The summed E-state index contributed by atoms with van der Waals surface area (Å²) >= 11 is 0. The monoisotopic (exact) mass is 848 g/mol. The van der Waals surface area contributed by atoms with Gasteiger partial charge < -0.3 is 19.6 Å². The van der Waals surface area contributed by atoms with Crippen molar-refractivity contribution < 1.29 is 61.7 Å². The minimum absolute atomic E-state index is 0.00944. The Kier molecular flexibility index (Phi) is 13.2. The third-order valence-electron chi connectivity index (χ3n) is 10.7. The lowest BCUT2D eigenvalue weighted by atomic mass is 9.67. The third-order valence-corrected chi connectivity index (χ3v) is 14.0. The fraction of sp³-hybridized carbons (Fsp3) is 0.486. The van der Waals surface area contributed by atoms with Gasteiger partial charge in [0, 0.05) is 48.1 Å². The predicted octanol–water partition coefficient (Wildman–Crippen LogP) is 3.77. The van der Waals surface area contributed by atoms with E-state index in [0.717, 1.165) is 0 Å².